The Hall–Kier alpha value is -0.570. The number of nitrogens with one attached hydrogen (secondary N) is 1. The summed E-state index contributed by atoms with van der Waals surface area (Å²) in [5, 5.41) is 13.0. The van der Waals surface area contributed by atoms with Crippen LogP contribution in [-0.4, -0.2) is 23.7 Å². The first-order valence-corrected chi connectivity index (χ1v) is 8.17. The van der Waals surface area contributed by atoms with Gasteiger partial charge in [-0.15, -0.1) is 0 Å². The zero-order valence-electron chi connectivity index (χ0n) is 12.2. The second kappa shape index (κ2) is 7.28. The topological polar surface area (TPSA) is 49.3 Å². The molecule has 4 atom stereocenters. The van der Waals surface area contributed by atoms with Crippen molar-refractivity contribution in [1.29, 1.82) is 0 Å². The second-order valence-corrected chi connectivity index (χ2v) is 6.54. The third-order valence-corrected chi connectivity index (χ3v) is 5.26. The molecule has 0 spiro atoms. The van der Waals surface area contributed by atoms with Gasteiger partial charge in [0.2, 0.25) is 0 Å². The Morgan fingerprint density at radius 3 is 2.68 bits per heavy atom. The summed E-state index contributed by atoms with van der Waals surface area (Å²) in [6.45, 7) is 3.20. The van der Waals surface area contributed by atoms with Crippen LogP contribution in [0.1, 0.15) is 64.7 Å². The zero-order valence-corrected chi connectivity index (χ0v) is 12.2. The fourth-order valence-corrected chi connectivity index (χ4v) is 3.94. The van der Waals surface area contributed by atoms with Gasteiger partial charge in [0.15, 0.2) is 0 Å². The Morgan fingerprint density at radius 1 is 1.16 bits per heavy atom. The van der Waals surface area contributed by atoms with Gasteiger partial charge in [-0.25, -0.2) is 0 Å². The highest BCUT2D eigenvalue weighted by atomic mass is 16.4. The van der Waals surface area contributed by atoms with Crippen molar-refractivity contribution in [1.82, 2.24) is 5.32 Å². The first-order chi connectivity index (χ1) is 9.20. The van der Waals surface area contributed by atoms with E-state index in [0.717, 1.165) is 31.7 Å². The van der Waals surface area contributed by atoms with Crippen LogP contribution >= 0.6 is 0 Å². The molecule has 2 aliphatic carbocycles. The van der Waals surface area contributed by atoms with Crippen molar-refractivity contribution in [2.24, 2.45) is 17.8 Å². The van der Waals surface area contributed by atoms with E-state index in [1.54, 1.807) is 0 Å². The van der Waals surface area contributed by atoms with Gasteiger partial charge < -0.3 is 10.4 Å². The Labute approximate surface area is 117 Å². The van der Waals surface area contributed by atoms with Gasteiger partial charge in [-0.2, -0.15) is 0 Å². The van der Waals surface area contributed by atoms with Crippen molar-refractivity contribution < 1.29 is 9.90 Å². The molecule has 2 fully saturated rings. The van der Waals surface area contributed by atoms with Crippen LogP contribution in [0.2, 0.25) is 0 Å². The van der Waals surface area contributed by atoms with Gasteiger partial charge in [-0.1, -0.05) is 39.0 Å². The molecule has 2 rings (SSSR count). The highest BCUT2D eigenvalue weighted by molar-refractivity contribution is 5.70. The minimum absolute atomic E-state index is 0.105. The summed E-state index contributed by atoms with van der Waals surface area (Å²) in [7, 11) is 0. The SMILES string of the molecule is CCC1CCCC(NCC2CCCCC2C(=O)O)C1. The van der Waals surface area contributed by atoms with E-state index in [-0.39, 0.29) is 5.92 Å². The van der Waals surface area contributed by atoms with Crippen LogP contribution in [0.25, 0.3) is 0 Å². The van der Waals surface area contributed by atoms with E-state index in [4.69, 9.17) is 0 Å². The number of carbonyl (C=O) groups is 1. The smallest absolute Gasteiger partial charge is 0.306 e. The van der Waals surface area contributed by atoms with E-state index in [0.29, 0.717) is 12.0 Å². The standard InChI is InChI=1S/C16H29NO2/c1-2-12-6-5-8-14(10-12)17-11-13-7-3-4-9-15(13)16(18)19/h12-15,17H,2-11H2,1H3,(H,18,19). The van der Waals surface area contributed by atoms with Crippen molar-refractivity contribution >= 4 is 5.97 Å². The quantitative estimate of drug-likeness (QED) is 0.802. The van der Waals surface area contributed by atoms with Gasteiger partial charge in [-0.05, 0) is 44.1 Å². The van der Waals surface area contributed by atoms with Gasteiger partial charge >= 0.3 is 5.97 Å². The van der Waals surface area contributed by atoms with Gasteiger partial charge in [0, 0.05) is 6.04 Å². The molecule has 0 radical (unpaired) electrons. The number of hydrogen-bond donors (Lipinski definition) is 2. The van der Waals surface area contributed by atoms with Crippen LogP contribution in [0.5, 0.6) is 0 Å². The van der Waals surface area contributed by atoms with E-state index in [1.807, 2.05) is 0 Å². The summed E-state index contributed by atoms with van der Waals surface area (Å²) < 4.78 is 0. The van der Waals surface area contributed by atoms with Crippen LogP contribution < -0.4 is 5.32 Å². The van der Waals surface area contributed by atoms with Crippen molar-refractivity contribution in [2.45, 2.75) is 70.8 Å². The maximum atomic E-state index is 11.3. The first-order valence-electron chi connectivity index (χ1n) is 8.17. The lowest BCUT2D eigenvalue weighted by molar-refractivity contribution is -0.144. The van der Waals surface area contributed by atoms with Crippen LogP contribution in [0.4, 0.5) is 0 Å². The largest absolute Gasteiger partial charge is 0.481 e. The second-order valence-electron chi connectivity index (χ2n) is 6.54. The number of carboxylic acids is 1. The Balaban J connectivity index is 1.78. The molecule has 0 amide bonds. The van der Waals surface area contributed by atoms with Crippen molar-refractivity contribution in [3.8, 4) is 0 Å². The van der Waals surface area contributed by atoms with E-state index in [2.05, 4.69) is 12.2 Å². The van der Waals surface area contributed by atoms with Crippen LogP contribution in [0.15, 0.2) is 0 Å². The van der Waals surface area contributed by atoms with Crippen molar-refractivity contribution in [2.75, 3.05) is 6.54 Å². The molecule has 3 heteroatoms. The maximum absolute atomic E-state index is 11.3. The van der Waals surface area contributed by atoms with Gasteiger partial charge in [0.25, 0.3) is 0 Å². The molecule has 2 N–H and O–H groups in total. The molecule has 0 heterocycles. The number of aliphatic carboxylic acids is 1. The number of carboxylic acid groups (broad SMARTS) is 1. The lowest BCUT2D eigenvalue weighted by Gasteiger charge is -2.33. The molecule has 2 saturated carbocycles. The third kappa shape index (κ3) is 4.20. The first kappa shape index (κ1) is 14.8. The number of rotatable bonds is 5. The Bertz CT molecular complexity index is 292. The summed E-state index contributed by atoms with van der Waals surface area (Å²) in [5.41, 5.74) is 0. The van der Waals surface area contributed by atoms with E-state index in [1.165, 1.54) is 38.5 Å². The minimum atomic E-state index is -0.582. The summed E-state index contributed by atoms with van der Waals surface area (Å²) in [6.07, 6.45) is 10.9. The molecule has 0 aliphatic heterocycles. The molecule has 3 nitrogen and oxygen atoms in total. The lowest BCUT2D eigenvalue weighted by Crippen LogP contribution is -2.41. The summed E-state index contributed by atoms with van der Waals surface area (Å²) in [5.74, 6) is 0.550. The monoisotopic (exact) mass is 267 g/mol. The average molecular weight is 267 g/mol. The average Bonchev–Trinajstić information content (AvgIpc) is 2.45. The lowest BCUT2D eigenvalue weighted by atomic mass is 9.78. The molecule has 2 aliphatic rings. The molecule has 4 unspecified atom stereocenters. The van der Waals surface area contributed by atoms with Crippen molar-refractivity contribution in [3.05, 3.63) is 0 Å². The molecule has 0 aromatic heterocycles. The molecular formula is C16H29NO2. The van der Waals surface area contributed by atoms with Gasteiger partial charge in [-0.3, -0.25) is 4.79 Å². The summed E-state index contributed by atoms with van der Waals surface area (Å²) in [6, 6.07) is 0.634. The molecule has 0 aromatic carbocycles. The van der Waals surface area contributed by atoms with Crippen molar-refractivity contribution in [3.63, 3.8) is 0 Å². The summed E-state index contributed by atoms with van der Waals surface area (Å²) >= 11 is 0. The summed E-state index contributed by atoms with van der Waals surface area (Å²) in [4.78, 5) is 11.3. The van der Waals surface area contributed by atoms with Crippen LogP contribution in [0, 0.1) is 17.8 Å². The Kier molecular flexibility index (Phi) is 5.68. The predicted molar refractivity (Wildman–Crippen MR) is 77.1 cm³/mol. The fraction of sp³-hybridized carbons (Fsp3) is 0.938. The van der Waals surface area contributed by atoms with E-state index >= 15 is 0 Å². The highest BCUT2D eigenvalue weighted by Gasteiger charge is 2.31. The molecule has 0 aromatic rings. The normalized spacial score (nSPS) is 36.1. The predicted octanol–water partition coefficient (Wildman–Crippen LogP) is 3.44. The third-order valence-electron chi connectivity index (χ3n) is 5.26. The molecule has 0 saturated heterocycles. The minimum Gasteiger partial charge on any atom is -0.481 e. The van der Waals surface area contributed by atoms with Crippen LogP contribution in [-0.2, 0) is 4.79 Å². The fourth-order valence-electron chi connectivity index (χ4n) is 3.94. The van der Waals surface area contributed by atoms with Gasteiger partial charge in [0.05, 0.1) is 5.92 Å². The van der Waals surface area contributed by atoms with Gasteiger partial charge in [0.1, 0.15) is 0 Å². The molecule has 19 heavy (non-hydrogen) atoms. The maximum Gasteiger partial charge on any atom is 0.306 e. The Morgan fingerprint density at radius 2 is 1.95 bits per heavy atom. The highest BCUT2D eigenvalue weighted by Crippen LogP contribution is 2.31. The van der Waals surface area contributed by atoms with E-state index < -0.39 is 5.97 Å². The zero-order chi connectivity index (χ0) is 13.7. The van der Waals surface area contributed by atoms with E-state index in [9.17, 15) is 9.90 Å². The molecular weight excluding hydrogens is 238 g/mol. The molecule has 0 bridgehead atoms. The van der Waals surface area contributed by atoms with Crippen LogP contribution in [0.3, 0.4) is 0 Å². The molecule has 110 valence electrons. The number of hydrogen-bond acceptors (Lipinski definition) is 2.